The van der Waals surface area contributed by atoms with Gasteiger partial charge in [-0.15, -0.1) is 0 Å². The first-order chi connectivity index (χ1) is 9.29. The van der Waals surface area contributed by atoms with Crippen molar-refractivity contribution in [2.75, 3.05) is 19.6 Å². The summed E-state index contributed by atoms with van der Waals surface area (Å²) in [6.45, 7) is 18.0. The highest BCUT2D eigenvalue weighted by molar-refractivity contribution is 4.95. The molecule has 2 fully saturated rings. The Labute approximate surface area is 126 Å². The first-order valence-corrected chi connectivity index (χ1v) is 8.76. The van der Waals surface area contributed by atoms with Gasteiger partial charge in [0.25, 0.3) is 0 Å². The number of likely N-dealkylation sites (tertiary alicyclic amines) is 1. The third kappa shape index (κ3) is 3.76. The molecule has 0 spiro atoms. The number of hydrogen-bond donors (Lipinski definition) is 1. The molecular formula is C18H36N2. The molecule has 2 bridgehead atoms. The molecule has 3 unspecified atom stereocenters. The van der Waals surface area contributed by atoms with Gasteiger partial charge in [0.05, 0.1) is 0 Å². The maximum atomic E-state index is 3.96. The van der Waals surface area contributed by atoms with E-state index in [1.807, 2.05) is 0 Å². The Morgan fingerprint density at radius 1 is 1.05 bits per heavy atom. The number of rotatable bonds is 4. The average Bonchev–Trinajstić information content (AvgIpc) is 2.33. The minimum Gasteiger partial charge on any atom is -0.313 e. The van der Waals surface area contributed by atoms with Crippen LogP contribution in [0.5, 0.6) is 0 Å². The summed E-state index contributed by atoms with van der Waals surface area (Å²) >= 11 is 0. The maximum Gasteiger partial charge on any atom is 0.0148 e. The summed E-state index contributed by atoms with van der Waals surface area (Å²) in [4.78, 5) is 2.71. The van der Waals surface area contributed by atoms with Crippen molar-refractivity contribution in [3.8, 4) is 0 Å². The van der Waals surface area contributed by atoms with Crippen LogP contribution in [0.1, 0.15) is 60.8 Å². The van der Waals surface area contributed by atoms with Crippen LogP contribution in [-0.2, 0) is 0 Å². The molecule has 20 heavy (non-hydrogen) atoms. The van der Waals surface area contributed by atoms with E-state index in [0.717, 1.165) is 23.8 Å². The second-order valence-electron chi connectivity index (χ2n) is 8.70. The zero-order valence-corrected chi connectivity index (χ0v) is 14.6. The van der Waals surface area contributed by atoms with Gasteiger partial charge in [-0.3, -0.25) is 0 Å². The quantitative estimate of drug-likeness (QED) is 0.843. The summed E-state index contributed by atoms with van der Waals surface area (Å²) in [7, 11) is 0. The van der Waals surface area contributed by atoms with Gasteiger partial charge in [-0.25, -0.2) is 0 Å². The largest absolute Gasteiger partial charge is 0.313 e. The van der Waals surface area contributed by atoms with E-state index >= 15 is 0 Å². The van der Waals surface area contributed by atoms with E-state index in [0.29, 0.717) is 11.5 Å². The number of hydrogen-bond acceptors (Lipinski definition) is 2. The predicted octanol–water partition coefficient (Wildman–Crippen LogP) is 3.77. The third-order valence-electron chi connectivity index (χ3n) is 5.97. The van der Waals surface area contributed by atoms with Crippen LogP contribution in [0.25, 0.3) is 0 Å². The van der Waals surface area contributed by atoms with Crippen molar-refractivity contribution in [1.82, 2.24) is 10.2 Å². The van der Waals surface area contributed by atoms with Gasteiger partial charge in [0.15, 0.2) is 0 Å². The molecular weight excluding hydrogens is 244 g/mol. The summed E-state index contributed by atoms with van der Waals surface area (Å²) < 4.78 is 0. The monoisotopic (exact) mass is 280 g/mol. The molecule has 1 N–H and O–H groups in total. The van der Waals surface area contributed by atoms with Crippen LogP contribution in [0.2, 0.25) is 0 Å². The highest BCUT2D eigenvalue weighted by Crippen LogP contribution is 2.36. The van der Waals surface area contributed by atoms with E-state index in [1.54, 1.807) is 0 Å². The first kappa shape index (κ1) is 16.3. The van der Waals surface area contributed by atoms with E-state index in [-0.39, 0.29) is 0 Å². The molecule has 2 nitrogen and oxygen atoms in total. The van der Waals surface area contributed by atoms with Gasteiger partial charge >= 0.3 is 0 Å². The van der Waals surface area contributed by atoms with Gasteiger partial charge in [-0.05, 0) is 56.4 Å². The Hall–Kier alpha value is -0.0800. The van der Waals surface area contributed by atoms with Crippen LogP contribution in [0, 0.1) is 23.2 Å². The number of piperidine rings is 1. The van der Waals surface area contributed by atoms with Crippen LogP contribution < -0.4 is 5.32 Å². The Kier molecular flexibility index (Phi) is 5.18. The van der Waals surface area contributed by atoms with Crippen molar-refractivity contribution in [2.24, 2.45) is 23.2 Å². The van der Waals surface area contributed by atoms with Crippen LogP contribution >= 0.6 is 0 Å². The van der Waals surface area contributed by atoms with Crippen molar-refractivity contribution in [3.63, 3.8) is 0 Å². The molecule has 0 aromatic rings. The summed E-state index contributed by atoms with van der Waals surface area (Å²) in [6.07, 6.45) is 4.32. The molecule has 0 amide bonds. The van der Waals surface area contributed by atoms with Gasteiger partial charge in [0, 0.05) is 25.2 Å². The van der Waals surface area contributed by atoms with Crippen LogP contribution in [-0.4, -0.2) is 36.6 Å². The molecule has 1 saturated carbocycles. The fourth-order valence-corrected chi connectivity index (χ4v) is 3.85. The lowest BCUT2D eigenvalue weighted by molar-refractivity contribution is 0.0263. The number of nitrogens with one attached hydrogen (secondary N) is 1. The molecule has 118 valence electrons. The third-order valence-corrected chi connectivity index (χ3v) is 5.97. The van der Waals surface area contributed by atoms with Crippen molar-refractivity contribution in [1.29, 1.82) is 0 Å². The molecule has 2 heteroatoms. The Morgan fingerprint density at radius 3 is 2.05 bits per heavy atom. The molecule has 1 aliphatic heterocycles. The van der Waals surface area contributed by atoms with E-state index in [1.165, 1.54) is 38.9 Å². The Morgan fingerprint density at radius 2 is 1.60 bits per heavy atom. The highest BCUT2D eigenvalue weighted by atomic mass is 15.2. The van der Waals surface area contributed by atoms with E-state index in [4.69, 9.17) is 0 Å². The van der Waals surface area contributed by atoms with Crippen molar-refractivity contribution in [2.45, 2.75) is 72.9 Å². The van der Waals surface area contributed by atoms with E-state index < -0.39 is 0 Å². The van der Waals surface area contributed by atoms with E-state index in [2.05, 4.69) is 51.8 Å². The fourth-order valence-electron chi connectivity index (χ4n) is 3.85. The lowest BCUT2D eigenvalue weighted by Crippen LogP contribution is -2.59. The molecule has 0 aromatic carbocycles. The van der Waals surface area contributed by atoms with Crippen LogP contribution in [0.4, 0.5) is 0 Å². The molecule has 0 aromatic heterocycles. The second-order valence-corrected chi connectivity index (χ2v) is 8.70. The lowest BCUT2D eigenvalue weighted by atomic mass is 9.72. The predicted molar refractivity (Wildman–Crippen MR) is 87.9 cm³/mol. The SMILES string of the molecule is CC(C)N1CC2CCCC(C1)C2NCC(C)C(C)(C)C. The summed E-state index contributed by atoms with van der Waals surface area (Å²) in [5, 5.41) is 3.96. The van der Waals surface area contributed by atoms with Crippen molar-refractivity contribution < 1.29 is 0 Å². The summed E-state index contributed by atoms with van der Waals surface area (Å²) in [5.74, 6) is 2.51. The van der Waals surface area contributed by atoms with Crippen molar-refractivity contribution >= 4 is 0 Å². The smallest absolute Gasteiger partial charge is 0.0148 e. The highest BCUT2D eigenvalue weighted by Gasteiger charge is 2.40. The summed E-state index contributed by atoms with van der Waals surface area (Å²) in [6, 6.07) is 1.50. The van der Waals surface area contributed by atoms with Crippen LogP contribution in [0.3, 0.4) is 0 Å². The molecule has 1 aliphatic carbocycles. The number of fused-ring (bicyclic) bond motifs is 2. The molecule has 2 rings (SSSR count). The average molecular weight is 281 g/mol. The number of nitrogens with zero attached hydrogens (tertiary/aromatic N) is 1. The van der Waals surface area contributed by atoms with Gasteiger partial charge < -0.3 is 10.2 Å². The Balaban J connectivity index is 1.92. The molecule has 1 saturated heterocycles. The first-order valence-electron chi connectivity index (χ1n) is 8.76. The van der Waals surface area contributed by atoms with Gasteiger partial charge in [0.2, 0.25) is 0 Å². The van der Waals surface area contributed by atoms with Crippen LogP contribution in [0.15, 0.2) is 0 Å². The topological polar surface area (TPSA) is 15.3 Å². The second kappa shape index (κ2) is 6.36. The zero-order chi connectivity index (χ0) is 14.9. The molecule has 2 aliphatic rings. The van der Waals surface area contributed by atoms with Gasteiger partial charge in [0.1, 0.15) is 0 Å². The molecule has 3 atom stereocenters. The molecule has 1 heterocycles. The van der Waals surface area contributed by atoms with Gasteiger partial charge in [-0.2, -0.15) is 0 Å². The molecule has 0 radical (unpaired) electrons. The Bertz CT molecular complexity index is 291. The normalized spacial score (nSPS) is 33.5. The maximum absolute atomic E-state index is 3.96. The van der Waals surface area contributed by atoms with E-state index in [9.17, 15) is 0 Å². The van der Waals surface area contributed by atoms with Crippen molar-refractivity contribution in [3.05, 3.63) is 0 Å². The van der Waals surface area contributed by atoms with Gasteiger partial charge in [-0.1, -0.05) is 34.1 Å². The minimum absolute atomic E-state index is 0.417. The standard InChI is InChI=1S/C18H36N2/c1-13(2)20-11-15-8-7-9-16(12-20)17(15)19-10-14(3)18(4,5)6/h13-17,19H,7-12H2,1-6H3. The lowest BCUT2D eigenvalue weighted by Gasteiger charge is -2.49. The summed E-state index contributed by atoms with van der Waals surface area (Å²) in [5.41, 5.74) is 0.417. The fraction of sp³-hybridized carbons (Fsp3) is 1.00. The minimum atomic E-state index is 0.417. The zero-order valence-electron chi connectivity index (χ0n) is 14.6.